The Morgan fingerprint density at radius 2 is 1.59 bits per heavy atom. The molecule has 2 aromatic carbocycles. The van der Waals surface area contributed by atoms with Crippen LogP contribution >= 0.6 is 7.14 Å². The predicted octanol–water partition coefficient (Wildman–Crippen LogP) is 4.46. The summed E-state index contributed by atoms with van der Waals surface area (Å²) in [5.41, 5.74) is 1.82. The molecule has 0 spiro atoms. The minimum Gasteiger partial charge on any atom is -0.377 e. The number of rotatable bonds is 2. The van der Waals surface area contributed by atoms with Crippen LogP contribution in [0.3, 0.4) is 0 Å². The summed E-state index contributed by atoms with van der Waals surface area (Å²) < 4.78 is 13.9. The molecule has 3 atom stereocenters. The lowest BCUT2D eigenvalue weighted by Gasteiger charge is -2.41. The van der Waals surface area contributed by atoms with Crippen molar-refractivity contribution in [2.24, 2.45) is 5.92 Å². The third-order valence-electron chi connectivity index (χ3n) is 4.68. The van der Waals surface area contributed by atoms with E-state index in [2.05, 4.69) is 6.92 Å². The van der Waals surface area contributed by atoms with Gasteiger partial charge in [-0.3, -0.25) is 0 Å². The molecule has 1 N–H and O–H groups in total. The minimum atomic E-state index is -3.11. The molecular formula is C19H21O2P. The first kappa shape index (κ1) is 15.3. The zero-order chi connectivity index (χ0) is 15.8. The van der Waals surface area contributed by atoms with Crippen LogP contribution in [0.1, 0.15) is 25.8 Å². The van der Waals surface area contributed by atoms with Gasteiger partial charge in [0, 0.05) is 5.30 Å². The van der Waals surface area contributed by atoms with Gasteiger partial charge in [-0.15, -0.1) is 0 Å². The Kier molecular flexibility index (Phi) is 3.84. The second kappa shape index (κ2) is 5.53. The number of hydrogen-bond donors (Lipinski definition) is 1. The van der Waals surface area contributed by atoms with Gasteiger partial charge in [0.05, 0.1) is 0 Å². The van der Waals surface area contributed by atoms with Gasteiger partial charge in [0.2, 0.25) is 0 Å². The van der Waals surface area contributed by atoms with Crippen molar-refractivity contribution >= 4 is 12.4 Å². The van der Waals surface area contributed by atoms with Gasteiger partial charge >= 0.3 is 0 Å². The SMILES string of the molecule is CC1=CP(=O)(c2ccccc2)C(O)(c2ccccc2)CC1C. The van der Waals surface area contributed by atoms with E-state index in [-0.39, 0.29) is 5.92 Å². The number of hydrogen-bond acceptors (Lipinski definition) is 2. The van der Waals surface area contributed by atoms with Gasteiger partial charge in [-0.2, -0.15) is 0 Å². The summed E-state index contributed by atoms with van der Waals surface area (Å²) in [5, 5.41) is 10.9. The summed E-state index contributed by atoms with van der Waals surface area (Å²) in [6, 6.07) is 18.8. The van der Waals surface area contributed by atoms with E-state index in [1.54, 1.807) is 0 Å². The van der Waals surface area contributed by atoms with Crippen LogP contribution in [-0.4, -0.2) is 5.11 Å². The molecule has 3 unspecified atom stereocenters. The molecule has 1 aliphatic rings. The average Bonchev–Trinajstić information content (AvgIpc) is 2.55. The van der Waals surface area contributed by atoms with Crippen molar-refractivity contribution in [2.75, 3.05) is 0 Å². The van der Waals surface area contributed by atoms with E-state index in [1.165, 1.54) is 0 Å². The van der Waals surface area contributed by atoms with Crippen molar-refractivity contribution in [1.82, 2.24) is 0 Å². The van der Waals surface area contributed by atoms with Gasteiger partial charge in [0.25, 0.3) is 0 Å². The average molecular weight is 312 g/mol. The van der Waals surface area contributed by atoms with Gasteiger partial charge in [0.15, 0.2) is 7.14 Å². The number of allylic oxidation sites excluding steroid dienone is 1. The van der Waals surface area contributed by atoms with E-state index < -0.39 is 12.5 Å². The molecule has 0 saturated carbocycles. The van der Waals surface area contributed by atoms with E-state index in [0.29, 0.717) is 11.7 Å². The predicted molar refractivity (Wildman–Crippen MR) is 91.6 cm³/mol. The van der Waals surface area contributed by atoms with Crippen molar-refractivity contribution in [1.29, 1.82) is 0 Å². The molecule has 3 heteroatoms. The second-order valence-corrected chi connectivity index (χ2v) is 8.98. The van der Waals surface area contributed by atoms with Gasteiger partial charge in [-0.25, -0.2) is 0 Å². The maximum Gasteiger partial charge on any atom is 0.170 e. The van der Waals surface area contributed by atoms with Crippen LogP contribution in [0.25, 0.3) is 0 Å². The fourth-order valence-electron chi connectivity index (χ4n) is 3.20. The van der Waals surface area contributed by atoms with E-state index in [4.69, 9.17) is 0 Å². The van der Waals surface area contributed by atoms with E-state index in [1.807, 2.05) is 73.4 Å². The Morgan fingerprint density at radius 3 is 2.18 bits per heavy atom. The first-order valence-electron chi connectivity index (χ1n) is 7.60. The number of benzene rings is 2. The molecule has 0 aromatic heterocycles. The van der Waals surface area contributed by atoms with Gasteiger partial charge in [-0.1, -0.05) is 73.2 Å². The summed E-state index contributed by atoms with van der Waals surface area (Å²) >= 11 is 0. The molecular weight excluding hydrogens is 291 g/mol. The highest BCUT2D eigenvalue weighted by Gasteiger charge is 2.51. The Morgan fingerprint density at radius 1 is 1.05 bits per heavy atom. The summed E-state index contributed by atoms with van der Waals surface area (Å²) in [5.74, 6) is 2.03. The quantitative estimate of drug-likeness (QED) is 0.831. The molecule has 1 aliphatic heterocycles. The highest BCUT2D eigenvalue weighted by Crippen LogP contribution is 2.67. The van der Waals surface area contributed by atoms with Gasteiger partial charge in [-0.05, 0) is 30.6 Å². The Balaban J connectivity index is 2.26. The molecule has 114 valence electrons. The summed E-state index contributed by atoms with van der Waals surface area (Å²) in [6.45, 7) is 4.08. The van der Waals surface area contributed by atoms with Crippen LogP contribution in [0, 0.1) is 5.92 Å². The second-order valence-electron chi connectivity index (χ2n) is 6.15. The van der Waals surface area contributed by atoms with E-state index in [0.717, 1.165) is 11.1 Å². The highest BCUT2D eigenvalue weighted by molar-refractivity contribution is 7.75. The van der Waals surface area contributed by atoms with Crippen LogP contribution in [0.5, 0.6) is 0 Å². The molecule has 0 bridgehead atoms. The number of aliphatic hydroxyl groups is 1. The zero-order valence-electron chi connectivity index (χ0n) is 12.9. The van der Waals surface area contributed by atoms with Crippen molar-refractivity contribution in [3.05, 3.63) is 77.6 Å². The van der Waals surface area contributed by atoms with Crippen LogP contribution in [0.15, 0.2) is 72.1 Å². The lowest BCUT2D eigenvalue weighted by molar-refractivity contribution is 0.0993. The first-order chi connectivity index (χ1) is 10.5. The highest BCUT2D eigenvalue weighted by atomic mass is 31.2. The first-order valence-corrected chi connectivity index (χ1v) is 9.38. The van der Waals surface area contributed by atoms with Gasteiger partial charge in [0.1, 0.15) is 5.34 Å². The Bertz CT molecular complexity index is 737. The summed E-state index contributed by atoms with van der Waals surface area (Å²) in [6.07, 6.45) is 0.478. The fourth-order valence-corrected chi connectivity index (χ4v) is 6.51. The van der Waals surface area contributed by atoms with Crippen LogP contribution in [0.2, 0.25) is 0 Å². The molecule has 2 nitrogen and oxygen atoms in total. The van der Waals surface area contributed by atoms with Crippen molar-refractivity contribution in [2.45, 2.75) is 25.6 Å². The van der Waals surface area contributed by atoms with Crippen LogP contribution in [-0.2, 0) is 9.91 Å². The van der Waals surface area contributed by atoms with Crippen LogP contribution in [0.4, 0.5) is 0 Å². The van der Waals surface area contributed by atoms with Crippen molar-refractivity contribution < 1.29 is 9.67 Å². The molecule has 2 aromatic rings. The summed E-state index contributed by atoms with van der Waals surface area (Å²) in [7, 11) is -3.11. The molecule has 0 amide bonds. The Labute approximate surface area is 131 Å². The Hall–Kier alpha value is -1.63. The third-order valence-corrected chi connectivity index (χ3v) is 8.06. The minimum absolute atomic E-state index is 0.205. The standard InChI is InChI=1S/C19H21O2P/c1-15-13-19(20,17-9-5-3-6-10-17)22(21,14-16(15)2)18-11-7-4-8-12-18/h3-12,14-15,20H,13H2,1-2H3. The van der Waals surface area contributed by atoms with Crippen molar-refractivity contribution in [3.63, 3.8) is 0 Å². The van der Waals surface area contributed by atoms with Gasteiger partial charge < -0.3 is 9.67 Å². The molecule has 0 fully saturated rings. The third kappa shape index (κ3) is 2.27. The summed E-state index contributed by atoms with van der Waals surface area (Å²) in [4.78, 5) is 0. The van der Waals surface area contributed by atoms with E-state index >= 15 is 0 Å². The van der Waals surface area contributed by atoms with Crippen molar-refractivity contribution in [3.8, 4) is 0 Å². The molecule has 0 radical (unpaired) electrons. The largest absolute Gasteiger partial charge is 0.377 e. The topological polar surface area (TPSA) is 37.3 Å². The lowest BCUT2D eigenvalue weighted by atomic mass is 9.92. The zero-order valence-corrected chi connectivity index (χ0v) is 13.8. The molecule has 3 rings (SSSR count). The van der Waals surface area contributed by atoms with E-state index in [9.17, 15) is 9.67 Å². The smallest absolute Gasteiger partial charge is 0.170 e. The maximum absolute atomic E-state index is 13.9. The molecule has 0 aliphatic carbocycles. The monoisotopic (exact) mass is 312 g/mol. The molecule has 22 heavy (non-hydrogen) atoms. The lowest BCUT2D eigenvalue weighted by Crippen LogP contribution is -2.35. The normalized spacial score (nSPS) is 31.6. The maximum atomic E-state index is 13.9. The fraction of sp³-hybridized carbons (Fsp3) is 0.263. The molecule has 1 heterocycles. The van der Waals surface area contributed by atoms with Crippen LogP contribution < -0.4 is 5.30 Å². The molecule has 0 saturated heterocycles.